The fourth-order valence-corrected chi connectivity index (χ4v) is 2.62. The Labute approximate surface area is 115 Å². The number of halogens is 1. The van der Waals surface area contributed by atoms with Gasteiger partial charge in [-0.3, -0.25) is 9.48 Å². The average Bonchev–Trinajstić information content (AvgIpc) is 2.91. The van der Waals surface area contributed by atoms with Gasteiger partial charge in [0.1, 0.15) is 11.5 Å². The van der Waals surface area contributed by atoms with Gasteiger partial charge < -0.3 is 10.6 Å². The molecular formula is C14H15FN4O. The van der Waals surface area contributed by atoms with E-state index >= 15 is 0 Å². The van der Waals surface area contributed by atoms with Gasteiger partial charge in [0, 0.05) is 13.6 Å². The molecule has 2 N–H and O–H groups in total. The maximum Gasteiger partial charge on any atom is 0.278 e. The normalized spacial score (nSPS) is 13.7. The van der Waals surface area contributed by atoms with Crippen LogP contribution < -0.4 is 10.6 Å². The molecule has 0 atom stereocenters. The number of hydrogen-bond donors (Lipinski definition) is 1. The lowest BCUT2D eigenvalue weighted by Crippen LogP contribution is -2.31. The molecule has 1 aliphatic rings. The highest BCUT2D eigenvalue weighted by molar-refractivity contribution is 6.09. The van der Waals surface area contributed by atoms with Crippen molar-refractivity contribution in [3.63, 3.8) is 0 Å². The van der Waals surface area contributed by atoms with Crippen LogP contribution in [0.25, 0.3) is 0 Å². The zero-order chi connectivity index (χ0) is 14.4. The molecule has 2 heterocycles. The summed E-state index contributed by atoms with van der Waals surface area (Å²) in [6.45, 7) is 2.28. The fourth-order valence-electron chi connectivity index (χ4n) is 2.62. The highest BCUT2D eigenvalue weighted by Crippen LogP contribution is 2.31. The van der Waals surface area contributed by atoms with E-state index in [1.165, 1.54) is 16.8 Å². The van der Waals surface area contributed by atoms with Crippen molar-refractivity contribution in [3.8, 4) is 0 Å². The van der Waals surface area contributed by atoms with E-state index in [0.29, 0.717) is 29.3 Å². The van der Waals surface area contributed by atoms with E-state index in [1.54, 1.807) is 24.9 Å². The molecule has 0 radical (unpaired) electrons. The van der Waals surface area contributed by atoms with Crippen LogP contribution in [-0.4, -0.2) is 22.2 Å². The Balaban J connectivity index is 2.04. The second-order valence-corrected chi connectivity index (χ2v) is 4.95. The molecule has 5 nitrogen and oxygen atoms in total. The molecule has 1 aromatic carbocycles. The quantitative estimate of drug-likeness (QED) is 0.860. The molecule has 0 unspecified atom stereocenters. The van der Waals surface area contributed by atoms with Crippen molar-refractivity contribution in [1.29, 1.82) is 0 Å². The van der Waals surface area contributed by atoms with Crippen molar-refractivity contribution < 1.29 is 9.18 Å². The van der Waals surface area contributed by atoms with Crippen molar-refractivity contribution in [2.24, 2.45) is 7.05 Å². The number of hydrogen-bond acceptors (Lipinski definition) is 3. The van der Waals surface area contributed by atoms with E-state index in [1.807, 2.05) is 0 Å². The molecule has 20 heavy (non-hydrogen) atoms. The monoisotopic (exact) mass is 274 g/mol. The number of nitrogens with two attached hydrogens (primary N) is 1. The van der Waals surface area contributed by atoms with Gasteiger partial charge in [0.15, 0.2) is 0 Å². The molecule has 0 bridgehead atoms. The summed E-state index contributed by atoms with van der Waals surface area (Å²) in [7, 11) is 1.68. The Hall–Kier alpha value is -2.37. The lowest BCUT2D eigenvalue weighted by molar-refractivity contribution is 0.0981. The topological polar surface area (TPSA) is 64.2 Å². The fraction of sp³-hybridized carbons (Fsp3) is 0.286. The zero-order valence-electron chi connectivity index (χ0n) is 11.4. The first-order chi connectivity index (χ1) is 9.49. The molecule has 0 fully saturated rings. The molecule has 1 aliphatic heterocycles. The number of carbonyl (C=O) groups excluding carboxylic acids is 1. The van der Waals surface area contributed by atoms with E-state index in [4.69, 9.17) is 5.73 Å². The summed E-state index contributed by atoms with van der Waals surface area (Å²) in [4.78, 5) is 14.2. The highest BCUT2D eigenvalue weighted by atomic mass is 19.1. The van der Waals surface area contributed by atoms with Gasteiger partial charge in [-0.15, -0.1) is 0 Å². The third-order valence-electron chi connectivity index (χ3n) is 3.66. The van der Waals surface area contributed by atoms with E-state index in [9.17, 15) is 9.18 Å². The minimum Gasteiger partial charge on any atom is -0.395 e. The minimum atomic E-state index is -0.349. The van der Waals surface area contributed by atoms with Crippen LogP contribution >= 0.6 is 0 Å². The number of fused-ring (bicyclic) bond motifs is 1. The van der Waals surface area contributed by atoms with Gasteiger partial charge in [0.05, 0.1) is 17.1 Å². The number of nitrogen functional groups attached to an aromatic ring is 1. The number of carbonyl (C=O) groups is 1. The zero-order valence-corrected chi connectivity index (χ0v) is 11.4. The first-order valence-corrected chi connectivity index (χ1v) is 6.38. The van der Waals surface area contributed by atoms with Gasteiger partial charge in [-0.2, -0.15) is 5.10 Å². The summed E-state index contributed by atoms with van der Waals surface area (Å²) in [5, 5.41) is 4.15. The third-order valence-corrected chi connectivity index (χ3v) is 3.66. The Morgan fingerprint density at radius 1 is 1.45 bits per heavy atom. The molecule has 0 saturated carbocycles. The van der Waals surface area contributed by atoms with Crippen molar-refractivity contribution in [2.75, 3.05) is 17.2 Å². The number of aromatic nitrogens is 2. The maximum atomic E-state index is 13.4. The van der Waals surface area contributed by atoms with Crippen LogP contribution in [0.4, 0.5) is 15.8 Å². The van der Waals surface area contributed by atoms with Crippen LogP contribution in [0.2, 0.25) is 0 Å². The number of amides is 1. The molecule has 1 amide bonds. The number of benzene rings is 1. The average molecular weight is 274 g/mol. The molecule has 0 aliphatic carbocycles. The Morgan fingerprint density at radius 3 is 2.85 bits per heavy atom. The van der Waals surface area contributed by atoms with E-state index in [2.05, 4.69) is 5.10 Å². The number of rotatable bonds is 1. The minimum absolute atomic E-state index is 0.241. The van der Waals surface area contributed by atoms with Gasteiger partial charge in [0.25, 0.3) is 5.91 Å². The second kappa shape index (κ2) is 4.33. The first-order valence-electron chi connectivity index (χ1n) is 6.38. The molecule has 0 saturated heterocycles. The molecule has 104 valence electrons. The van der Waals surface area contributed by atoms with Gasteiger partial charge in [0.2, 0.25) is 0 Å². The third kappa shape index (κ3) is 1.76. The van der Waals surface area contributed by atoms with Crippen LogP contribution in [0.3, 0.4) is 0 Å². The number of anilines is 2. The summed E-state index contributed by atoms with van der Waals surface area (Å²) >= 11 is 0. The van der Waals surface area contributed by atoms with E-state index in [-0.39, 0.29) is 11.7 Å². The van der Waals surface area contributed by atoms with Crippen LogP contribution in [0.15, 0.2) is 18.2 Å². The molecule has 2 aromatic rings. The predicted octanol–water partition coefficient (Wildman–Crippen LogP) is 1.65. The van der Waals surface area contributed by atoms with Crippen LogP contribution in [-0.2, 0) is 13.5 Å². The van der Waals surface area contributed by atoms with Crippen LogP contribution in [0, 0.1) is 12.7 Å². The van der Waals surface area contributed by atoms with Gasteiger partial charge in [-0.25, -0.2) is 4.39 Å². The molecule has 0 spiro atoms. The highest BCUT2D eigenvalue weighted by Gasteiger charge is 2.29. The summed E-state index contributed by atoms with van der Waals surface area (Å²) in [5.74, 6) is -0.590. The van der Waals surface area contributed by atoms with Crippen molar-refractivity contribution in [3.05, 3.63) is 41.0 Å². The largest absolute Gasteiger partial charge is 0.395 e. The number of nitrogens with zero attached hydrogens (tertiary/aromatic N) is 3. The van der Waals surface area contributed by atoms with Gasteiger partial charge in [-0.1, -0.05) is 6.07 Å². The summed E-state index contributed by atoms with van der Waals surface area (Å²) in [5.41, 5.74) is 8.85. The van der Waals surface area contributed by atoms with Crippen LogP contribution in [0.1, 0.15) is 21.7 Å². The lowest BCUT2D eigenvalue weighted by atomic mass is 10.1. The molecule has 3 rings (SSSR count). The lowest BCUT2D eigenvalue weighted by Gasteiger charge is -2.17. The van der Waals surface area contributed by atoms with Gasteiger partial charge >= 0.3 is 0 Å². The summed E-state index contributed by atoms with van der Waals surface area (Å²) in [6, 6.07) is 4.52. The summed E-state index contributed by atoms with van der Waals surface area (Å²) in [6.07, 6.45) is 0.720. The van der Waals surface area contributed by atoms with Crippen LogP contribution in [0.5, 0.6) is 0 Å². The van der Waals surface area contributed by atoms with Gasteiger partial charge in [-0.05, 0) is 31.0 Å². The summed E-state index contributed by atoms with van der Waals surface area (Å²) < 4.78 is 14.9. The molecule has 6 heteroatoms. The van der Waals surface area contributed by atoms with E-state index < -0.39 is 0 Å². The van der Waals surface area contributed by atoms with Crippen molar-refractivity contribution in [2.45, 2.75) is 13.3 Å². The standard InChI is InChI=1S/C14H15FN4O/c1-8-12(16)13(18(2)17-8)14(20)19-6-5-9-3-4-10(15)7-11(9)19/h3-4,7H,5-6,16H2,1-2H3. The van der Waals surface area contributed by atoms with Crippen molar-refractivity contribution >= 4 is 17.3 Å². The maximum absolute atomic E-state index is 13.4. The Bertz CT molecular complexity index is 707. The molecule has 1 aromatic heterocycles. The Morgan fingerprint density at radius 2 is 2.20 bits per heavy atom. The smallest absolute Gasteiger partial charge is 0.278 e. The Kier molecular flexibility index (Phi) is 2.74. The number of aryl methyl sites for hydroxylation is 2. The van der Waals surface area contributed by atoms with E-state index in [0.717, 1.165) is 12.0 Å². The van der Waals surface area contributed by atoms with Crippen molar-refractivity contribution in [1.82, 2.24) is 9.78 Å². The molecular weight excluding hydrogens is 259 g/mol. The second-order valence-electron chi connectivity index (χ2n) is 4.95. The first kappa shape index (κ1) is 12.7. The predicted molar refractivity (Wildman–Crippen MR) is 74.1 cm³/mol. The SMILES string of the molecule is Cc1nn(C)c(C(=O)N2CCc3ccc(F)cc32)c1N.